The highest BCUT2D eigenvalue weighted by atomic mass is 15.2. The van der Waals surface area contributed by atoms with Gasteiger partial charge in [0.1, 0.15) is 0 Å². The molecule has 0 aromatic carbocycles. The first-order chi connectivity index (χ1) is 10.6. The first-order valence-corrected chi connectivity index (χ1v) is 9.04. The second kappa shape index (κ2) is 10.5. The van der Waals surface area contributed by atoms with E-state index in [2.05, 4.69) is 43.0 Å². The fourth-order valence-electron chi connectivity index (χ4n) is 2.05. The fourth-order valence-corrected chi connectivity index (χ4v) is 2.05. The molecule has 0 atom stereocenters. The monoisotopic (exact) mass is 325 g/mol. The van der Waals surface area contributed by atoms with E-state index in [0.29, 0.717) is 17.3 Å². The molecule has 0 saturated heterocycles. The molecule has 5 N–H and O–H groups in total. The Morgan fingerprint density at radius 1 is 0.870 bits per heavy atom. The second-order valence-corrected chi connectivity index (χ2v) is 7.74. The maximum Gasteiger partial charge on any atom is 0.195 e. The number of nitrogens with one attached hydrogen (secondary N) is 1. The van der Waals surface area contributed by atoms with Crippen molar-refractivity contribution in [3.8, 4) is 0 Å². The quantitative estimate of drug-likeness (QED) is 0.324. The van der Waals surface area contributed by atoms with Gasteiger partial charge in [0.05, 0.1) is 5.54 Å². The van der Waals surface area contributed by atoms with Crippen LogP contribution in [0.1, 0.15) is 86.5 Å². The zero-order chi connectivity index (χ0) is 17.9. The van der Waals surface area contributed by atoms with Gasteiger partial charge in [0.15, 0.2) is 11.9 Å². The van der Waals surface area contributed by atoms with Crippen LogP contribution in [-0.2, 0) is 0 Å². The van der Waals surface area contributed by atoms with Crippen LogP contribution in [0.2, 0.25) is 0 Å². The topological polar surface area (TPSA) is 88.8 Å². The van der Waals surface area contributed by atoms with Gasteiger partial charge in [-0.2, -0.15) is 0 Å². The SMILES string of the molecule is CCC(C)(C)CCCCCCN=C(N)NC(N)=NC(C)(C)CC. The molecule has 0 aromatic heterocycles. The fraction of sp³-hybridized carbons (Fsp3) is 0.889. The van der Waals surface area contributed by atoms with Crippen LogP contribution < -0.4 is 16.8 Å². The van der Waals surface area contributed by atoms with Crippen molar-refractivity contribution in [3.05, 3.63) is 0 Å². The van der Waals surface area contributed by atoms with Gasteiger partial charge in [-0.15, -0.1) is 0 Å². The summed E-state index contributed by atoms with van der Waals surface area (Å²) in [5.41, 5.74) is 12.0. The molecule has 0 bridgehead atoms. The highest BCUT2D eigenvalue weighted by Gasteiger charge is 2.14. The standard InChI is InChI=1S/C18H39N5/c1-7-17(3,4)13-11-9-10-12-14-21-15(19)22-16(20)23-18(5,6)8-2/h7-14H2,1-6H3,(H5,19,20,21,22,23). The van der Waals surface area contributed by atoms with E-state index in [4.69, 9.17) is 11.5 Å². The normalized spacial score (nSPS) is 14.2. The van der Waals surface area contributed by atoms with Crippen LogP contribution >= 0.6 is 0 Å². The lowest BCUT2D eigenvalue weighted by Crippen LogP contribution is -2.43. The zero-order valence-electron chi connectivity index (χ0n) is 16.2. The van der Waals surface area contributed by atoms with Gasteiger partial charge in [-0.1, -0.05) is 53.4 Å². The van der Waals surface area contributed by atoms with E-state index in [0.717, 1.165) is 19.4 Å². The number of rotatable bonds is 10. The van der Waals surface area contributed by atoms with Crippen molar-refractivity contribution in [3.63, 3.8) is 0 Å². The number of nitrogens with zero attached hydrogens (tertiary/aromatic N) is 2. The van der Waals surface area contributed by atoms with Crippen molar-refractivity contribution >= 4 is 11.9 Å². The molecule has 136 valence electrons. The third-order valence-electron chi connectivity index (χ3n) is 4.55. The molecule has 0 aromatic rings. The Bertz CT molecular complexity index is 383. The summed E-state index contributed by atoms with van der Waals surface area (Å²) < 4.78 is 0. The van der Waals surface area contributed by atoms with Crippen LogP contribution in [0.15, 0.2) is 9.98 Å². The highest BCUT2D eigenvalue weighted by Crippen LogP contribution is 2.27. The summed E-state index contributed by atoms with van der Waals surface area (Å²) in [5.74, 6) is 0.685. The molecule has 5 nitrogen and oxygen atoms in total. The number of guanidine groups is 2. The molecule has 23 heavy (non-hydrogen) atoms. The smallest absolute Gasteiger partial charge is 0.195 e. The summed E-state index contributed by atoms with van der Waals surface area (Å²) in [4.78, 5) is 8.69. The molecule has 0 rings (SSSR count). The van der Waals surface area contributed by atoms with Crippen molar-refractivity contribution in [2.24, 2.45) is 26.9 Å². The molecule has 0 aliphatic heterocycles. The molecule has 0 aliphatic carbocycles. The minimum Gasteiger partial charge on any atom is -0.370 e. The van der Waals surface area contributed by atoms with Gasteiger partial charge in [-0.25, -0.2) is 4.99 Å². The highest BCUT2D eigenvalue weighted by molar-refractivity contribution is 5.97. The largest absolute Gasteiger partial charge is 0.370 e. The Labute approximate surface area is 143 Å². The van der Waals surface area contributed by atoms with E-state index in [9.17, 15) is 0 Å². The van der Waals surface area contributed by atoms with Crippen LogP contribution in [0.25, 0.3) is 0 Å². The van der Waals surface area contributed by atoms with E-state index >= 15 is 0 Å². The lowest BCUT2D eigenvalue weighted by molar-refractivity contribution is 0.307. The summed E-state index contributed by atoms with van der Waals surface area (Å²) >= 11 is 0. The van der Waals surface area contributed by atoms with Gasteiger partial charge in [0.25, 0.3) is 0 Å². The molecule has 0 unspecified atom stereocenters. The third-order valence-corrected chi connectivity index (χ3v) is 4.55. The summed E-state index contributed by atoms with van der Waals surface area (Å²) in [5, 5.41) is 2.86. The van der Waals surface area contributed by atoms with Gasteiger partial charge < -0.3 is 11.5 Å². The van der Waals surface area contributed by atoms with E-state index < -0.39 is 0 Å². The Kier molecular flexibility index (Phi) is 9.93. The van der Waals surface area contributed by atoms with Crippen LogP contribution in [-0.4, -0.2) is 24.0 Å². The number of unbranched alkanes of at least 4 members (excludes halogenated alkanes) is 3. The average molecular weight is 326 g/mol. The van der Waals surface area contributed by atoms with E-state index in [1.165, 1.54) is 32.1 Å². The minimum atomic E-state index is -0.177. The maximum atomic E-state index is 5.84. The van der Waals surface area contributed by atoms with Gasteiger partial charge in [-0.3, -0.25) is 10.3 Å². The van der Waals surface area contributed by atoms with Crippen molar-refractivity contribution in [1.29, 1.82) is 0 Å². The number of nitrogens with two attached hydrogens (primary N) is 2. The molecule has 0 radical (unpaired) electrons. The van der Waals surface area contributed by atoms with E-state index in [1.807, 2.05) is 13.8 Å². The van der Waals surface area contributed by atoms with Crippen LogP contribution in [0.5, 0.6) is 0 Å². The van der Waals surface area contributed by atoms with Crippen molar-refractivity contribution in [1.82, 2.24) is 5.32 Å². The molecule has 0 saturated carbocycles. The first-order valence-electron chi connectivity index (χ1n) is 9.04. The molecule has 0 aliphatic rings. The lowest BCUT2D eigenvalue weighted by Gasteiger charge is -2.22. The third kappa shape index (κ3) is 11.9. The van der Waals surface area contributed by atoms with Gasteiger partial charge >= 0.3 is 0 Å². The Hall–Kier alpha value is -1.26. The van der Waals surface area contributed by atoms with Crippen LogP contribution in [0, 0.1) is 5.41 Å². The number of hydrogen-bond donors (Lipinski definition) is 3. The maximum absolute atomic E-state index is 5.84. The summed E-state index contributed by atoms with van der Waals surface area (Å²) in [7, 11) is 0. The molecule has 0 amide bonds. The second-order valence-electron chi connectivity index (χ2n) is 7.74. The number of aliphatic imine (C=N–C) groups is 2. The van der Waals surface area contributed by atoms with Gasteiger partial charge in [0, 0.05) is 6.54 Å². The molecular formula is C18H39N5. The van der Waals surface area contributed by atoms with Crippen molar-refractivity contribution in [2.75, 3.05) is 6.54 Å². The first kappa shape index (κ1) is 21.7. The Balaban J connectivity index is 3.92. The summed E-state index contributed by atoms with van der Waals surface area (Å²) in [6.45, 7) is 13.8. The lowest BCUT2D eigenvalue weighted by atomic mass is 9.84. The van der Waals surface area contributed by atoms with Gasteiger partial charge in [-0.05, 0) is 38.5 Å². The minimum absolute atomic E-state index is 0.177. The summed E-state index contributed by atoms with van der Waals surface area (Å²) in [6.07, 6.45) is 8.29. The zero-order valence-corrected chi connectivity index (χ0v) is 16.2. The predicted molar refractivity (Wildman–Crippen MR) is 103 cm³/mol. The van der Waals surface area contributed by atoms with Crippen LogP contribution in [0.3, 0.4) is 0 Å². The Morgan fingerprint density at radius 2 is 1.48 bits per heavy atom. The average Bonchev–Trinajstić information content (AvgIpc) is 2.45. The van der Waals surface area contributed by atoms with Crippen LogP contribution in [0.4, 0.5) is 0 Å². The Morgan fingerprint density at radius 3 is 2.04 bits per heavy atom. The molecule has 0 spiro atoms. The van der Waals surface area contributed by atoms with Crippen molar-refractivity contribution in [2.45, 2.75) is 92.0 Å². The van der Waals surface area contributed by atoms with E-state index in [-0.39, 0.29) is 5.54 Å². The van der Waals surface area contributed by atoms with Gasteiger partial charge in [0.2, 0.25) is 0 Å². The summed E-state index contributed by atoms with van der Waals surface area (Å²) in [6, 6.07) is 0. The molecule has 5 heteroatoms. The number of hydrogen-bond acceptors (Lipinski definition) is 2. The molecule has 0 fully saturated rings. The molecular weight excluding hydrogens is 286 g/mol. The predicted octanol–water partition coefficient (Wildman–Crippen LogP) is 3.78. The van der Waals surface area contributed by atoms with Crippen molar-refractivity contribution < 1.29 is 0 Å². The van der Waals surface area contributed by atoms with E-state index in [1.54, 1.807) is 0 Å². The molecule has 0 heterocycles.